The van der Waals surface area contributed by atoms with Crippen LogP contribution in [-0.4, -0.2) is 20.6 Å². The topological polar surface area (TPSA) is 116 Å². The zero-order valence-electron chi connectivity index (χ0n) is 10.6. The van der Waals surface area contributed by atoms with Crippen molar-refractivity contribution in [3.8, 4) is 0 Å². The lowest BCUT2D eigenvalue weighted by molar-refractivity contribution is -0.393. The molecule has 0 saturated carbocycles. The number of rotatable bonds is 3. The Hall–Kier alpha value is -2.90. The van der Waals surface area contributed by atoms with Crippen LogP contribution >= 0.6 is 0 Å². The van der Waals surface area contributed by atoms with Gasteiger partial charge in [-0.1, -0.05) is 0 Å². The summed E-state index contributed by atoms with van der Waals surface area (Å²) in [5, 5.41) is 21.9. The number of benzene rings is 1. The molecule has 102 valence electrons. The minimum atomic E-state index is -0.726. The van der Waals surface area contributed by atoms with E-state index < -0.39 is 21.2 Å². The first-order valence-corrected chi connectivity index (χ1v) is 5.56. The van der Waals surface area contributed by atoms with Crippen LogP contribution in [0.5, 0.6) is 0 Å². The van der Waals surface area contributed by atoms with Gasteiger partial charge in [0.2, 0.25) is 0 Å². The van der Waals surface area contributed by atoms with Gasteiger partial charge in [-0.3, -0.25) is 30.0 Å². The monoisotopic (exact) mass is 275 g/mol. The predicted molar refractivity (Wildman–Crippen MR) is 69.8 cm³/mol. The highest BCUT2D eigenvalue weighted by atomic mass is 16.6. The maximum absolute atomic E-state index is 11.4. The van der Waals surface area contributed by atoms with Gasteiger partial charge in [0, 0.05) is 17.3 Å². The van der Waals surface area contributed by atoms with Gasteiger partial charge in [0.1, 0.15) is 0 Å². The van der Waals surface area contributed by atoms with Crippen LogP contribution in [0.1, 0.15) is 23.0 Å². The lowest BCUT2D eigenvalue weighted by Gasteiger charge is -2.05. The molecule has 20 heavy (non-hydrogen) atoms. The van der Waals surface area contributed by atoms with Gasteiger partial charge in [0.25, 0.3) is 11.4 Å². The fourth-order valence-electron chi connectivity index (χ4n) is 1.95. The predicted octanol–water partition coefficient (Wildman–Crippen LogP) is 2.56. The van der Waals surface area contributed by atoms with E-state index >= 15 is 0 Å². The third-order valence-electron chi connectivity index (χ3n) is 2.87. The van der Waals surface area contributed by atoms with Crippen molar-refractivity contribution >= 4 is 28.1 Å². The van der Waals surface area contributed by atoms with Crippen molar-refractivity contribution in [3.05, 3.63) is 49.7 Å². The molecule has 8 heteroatoms. The van der Waals surface area contributed by atoms with Crippen molar-refractivity contribution in [2.75, 3.05) is 0 Å². The van der Waals surface area contributed by atoms with E-state index in [-0.39, 0.29) is 22.2 Å². The molecule has 0 aliphatic rings. The average molecular weight is 275 g/mol. The maximum atomic E-state index is 11.4. The number of nitro benzene ring substituents is 2. The van der Waals surface area contributed by atoms with Crippen molar-refractivity contribution in [1.82, 2.24) is 4.98 Å². The number of carbonyl (C=O) groups excluding carboxylic acids is 1. The Morgan fingerprint density at radius 2 is 1.80 bits per heavy atom. The maximum Gasteiger partial charge on any atom is 0.285 e. The number of pyridine rings is 1. The number of hydrogen-bond donors (Lipinski definition) is 0. The molecule has 0 N–H and O–H groups in total. The molecule has 2 aromatic rings. The van der Waals surface area contributed by atoms with E-state index in [4.69, 9.17) is 0 Å². The molecule has 0 aliphatic carbocycles. The molecule has 0 aliphatic heterocycles. The molecular weight excluding hydrogens is 266 g/mol. The number of aryl methyl sites for hydroxylation is 1. The van der Waals surface area contributed by atoms with Gasteiger partial charge in [-0.2, -0.15) is 0 Å². The number of ketones is 1. The van der Waals surface area contributed by atoms with Crippen LogP contribution in [0.15, 0.2) is 18.2 Å². The summed E-state index contributed by atoms with van der Waals surface area (Å²) in [4.78, 5) is 35.9. The quantitative estimate of drug-likeness (QED) is 0.482. The van der Waals surface area contributed by atoms with Crippen molar-refractivity contribution in [1.29, 1.82) is 0 Å². The largest absolute Gasteiger partial charge is 0.294 e. The molecule has 0 radical (unpaired) electrons. The average Bonchev–Trinajstić information content (AvgIpc) is 2.35. The number of aromatic nitrogens is 1. The third kappa shape index (κ3) is 2.18. The number of nitro groups is 2. The molecule has 0 saturated heterocycles. The van der Waals surface area contributed by atoms with E-state index in [1.807, 2.05) is 0 Å². The van der Waals surface area contributed by atoms with Crippen molar-refractivity contribution in [3.63, 3.8) is 0 Å². The smallest absolute Gasteiger partial charge is 0.285 e. The summed E-state index contributed by atoms with van der Waals surface area (Å²) >= 11 is 0. The highest BCUT2D eigenvalue weighted by molar-refractivity contribution is 6.01. The summed E-state index contributed by atoms with van der Waals surface area (Å²) in [6.07, 6.45) is 0. The van der Waals surface area contributed by atoms with E-state index in [0.29, 0.717) is 5.69 Å². The standard InChI is InChI=1S/C12H9N3O5/c1-6-9(7(2)16)5-10-11(13-6)3-8(14(17)18)4-12(10)15(19)20/h3-5H,1-2H3. The van der Waals surface area contributed by atoms with Crippen LogP contribution in [0.3, 0.4) is 0 Å². The van der Waals surface area contributed by atoms with Gasteiger partial charge in [-0.25, -0.2) is 0 Å². The van der Waals surface area contributed by atoms with E-state index in [1.54, 1.807) is 6.92 Å². The Bertz CT molecular complexity index is 769. The number of carbonyl (C=O) groups is 1. The molecule has 0 spiro atoms. The highest BCUT2D eigenvalue weighted by Gasteiger charge is 2.21. The van der Waals surface area contributed by atoms with Crippen LogP contribution in [0.25, 0.3) is 10.9 Å². The molecule has 1 aromatic carbocycles. The van der Waals surface area contributed by atoms with E-state index in [9.17, 15) is 25.0 Å². The molecule has 1 heterocycles. The number of non-ortho nitro benzene ring substituents is 2. The summed E-state index contributed by atoms with van der Waals surface area (Å²) in [5.41, 5.74) is -0.0986. The van der Waals surface area contributed by atoms with E-state index in [2.05, 4.69) is 4.98 Å². The second-order valence-electron chi connectivity index (χ2n) is 4.22. The molecule has 0 unspecified atom stereocenters. The molecule has 0 bridgehead atoms. The van der Waals surface area contributed by atoms with E-state index in [1.165, 1.54) is 13.0 Å². The third-order valence-corrected chi connectivity index (χ3v) is 2.87. The van der Waals surface area contributed by atoms with Crippen LogP contribution in [-0.2, 0) is 0 Å². The molecule has 2 rings (SSSR count). The Kier molecular flexibility index (Phi) is 3.15. The van der Waals surface area contributed by atoms with Gasteiger partial charge < -0.3 is 0 Å². The number of Topliss-reactive ketones (excluding diaryl/α,β-unsaturated/α-hetero) is 1. The summed E-state index contributed by atoms with van der Waals surface area (Å²) in [6, 6.07) is 3.37. The molecular formula is C12H9N3O5. The minimum absolute atomic E-state index is 0.108. The van der Waals surface area contributed by atoms with Gasteiger partial charge >= 0.3 is 0 Å². The lowest BCUT2D eigenvalue weighted by atomic mass is 10.1. The fourth-order valence-corrected chi connectivity index (χ4v) is 1.95. The van der Waals surface area contributed by atoms with Crippen LogP contribution in [0.2, 0.25) is 0 Å². The van der Waals surface area contributed by atoms with Gasteiger partial charge in [0.15, 0.2) is 5.78 Å². The molecule has 8 nitrogen and oxygen atoms in total. The van der Waals surface area contributed by atoms with Gasteiger partial charge in [-0.05, 0) is 19.9 Å². The summed E-state index contributed by atoms with van der Waals surface area (Å²) in [6.45, 7) is 2.90. The summed E-state index contributed by atoms with van der Waals surface area (Å²) in [5.74, 6) is -0.274. The van der Waals surface area contributed by atoms with Crippen molar-refractivity contribution in [2.45, 2.75) is 13.8 Å². The van der Waals surface area contributed by atoms with Gasteiger partial charge in [-0.15, -0.1) is 0 Å². The second-order valence-corrected chi connectivity index (χ2v) is 4.22. The first-order valence-electron chi connectivity index (χ1n) is 5.56. The Morgan fingerprint density at radius 1 is 1.15 bits per heavy atom. The molecule has 0 fully saturated rings. The zero-order valence-corrected chi connectivity index (χ0v) is 10.6. The summed E-state index contributed by atoms with van der Waals surface area (Å²) in [7, 11) is 0. The number of hydrogen-bond acceptors (Lipinski definition) is 6. The fraction of sp³-hybridized carbons (Fsp3) is 0.167. The number of nitrogens with zero attached hydrogens (tertiary/aromatic N) is 3. The van der Waals surface area contributed by atoms with Crippen molar-refractivity contribution < 1.29 is 14.6 Å². The zero-order chi connectivity index (χ0) is 15.0. The number of fused-ring (bicyclic) bond motifs is 1. The molecule has 0 amide bonds. The van der Waals surface area contributed by atoms with E-state index in [0.717, 1.165) is 12.1 Å². The molecule has 1 aromatic heterocycles. The van der Waals surface area contributed by atoms with Gasteiger partial charge in [0.05, 0.1) is 26.8 Å². The van der Waals surface area contributed by atoms with Crippen molar-refractivity contribution in [2.24, 2.45) is 0 Å². The first-order chi connectivity index (χ1) is 9.31. The van der Waals surface area contributed by atoms with Crippen LogP contribution in [0.4, 0.5) is 11.4 Å². The lowest BCUT2D eigenvalue weighted by Crippen LogP contribution is -2.01. The Labute approximate surface area is 112 Å². The van der Waals surface area contributed by atoms with Crippen LogP contribution in [0, 0.1) is 27.2 Å². The van der Waals surface area contributed by atoms with Crippen LogP contribution < -0.4 is 0 Å². The SMILES string of the molecule is CC(=O)c1cc2c([N+](=O)[O-])cc([N+](=O)[O-])cc2nc1C. The molecule has 0 atom stereocenters. The second kappa shape index (κ2) is 4.65. The Balaban J connectivity index is 2.90. The Morgan fingerprint density at radius 3 is 2.30 bits per heavy atom. The summed E-state index contributed by atoms with van der Waals surface area (Å²) < 4.78 is 0. The minimum Gasteiger partial charge on any atom is -0.294 e. The highest BCUT2D eigenvalue weighted by Crippen LogP contribution is 2.31. The first kappa shape index (κ1) is 13.5. The normalized spacial score (nSPS) is 10.5.